The lowest BCUT2D eigenvalue weighted by molar-refractivity contribution is 0.0527. The first-order valence-corrected chi connectivity index (χ1v) is 7.07. The van der Waals surface area contributed by atoms with Crippen molar-refractivity contribution < 1.29 is 9.53 Å². The molecule has 0 fully saturated rings. The zero-order valence-corrected chi connectivity index (χ0v) is 12.7. The Hall–Kier alpha value is -2.14. The molecule has 0 aliphatic carbocycles. The molecule has 1 N–H and O–H groups in total. The maximum Gasteiger partial charge on any atom is 0.341 e. The molecule has 0 aliphatic heterocycles. The summed E-state index contributed by atoms with van der Waals surface area (Å²) < 4.78 is 5.12. The normalized spacial score (nSPS) is 10.9. The Morgan fingerprint density at radius 3 is 2.81 bits per heavy atom. The third kappa shape index (κ3) is 3.70. The van der Waals surface area contributed by atoms with Crippen molar-refractivity contribution in [1.82, 2.24) is 9.88 Å². The molecule has 0 unspecified atom stereocenters. The van der Waals surface area contributed by atoms with Crippen molar-refractivity contribution in [1.29, 1.82) is 0 Å². The highest BCUT2D eigenvalue weighted by atomic mass is 16.5. The number of aromatic nitrogens is 1. The highest BCUT2D eigenvalue weighted by Crippen LogP contribution is 2.26. The maximum absolute atomic E-state index is 12.1. The number of benzene rings is 1. The number of likely N-dealkylation sites (N-methyl/N-ethyl adjacent to an activating group) is 1. The Bertz CT molecular complexity index is 626. The SMILES string of the molecule is CCOC(=O)c1cnc2ccccc2c1NCCN(C)C. The van der Waals surface area contributed by atoms with Crippen LogP contribution >= 0.6 is 0 Å². The minimum atomic E-state index is -0.344. The first-order chi connectivity index (χ1) is 10.1. The van der Waals surface area contributed by atoms with Gasteiger partial charge in [0.2, 0.25) is 0 Å². The summed E-state index contributed by atoms with van der Waals surface area (Å²) in [5, 5.41) is 4.28. The number of fused-ring (bicyclic) bond motifs is 1. The summed E-state index contributed by atoms with van der Waals surface area (Å²) in [6.07, 6.45) is 1.58. The average molecular weight is 287 g/mol. The number of hydrogen-bond acceptors (Lipinski definition) is 5. The molecule has 0 radical (unpaired) electrons. The Labute approximate surface area is 124 Å². The molecule has 0 amide bonds. The molecule has 1 aromatic heterocycles. The van der Waals surface area contributed by atoms with Gasteiger partial charge in [0.15, 0.2) is 0 Å². The summed E-state index contributed by atoms with van der Waals surface area (Å²) in [6.45, 7) is 3.76. The number of nitrogens with one attached hydrogen (secondary N) is 1. The van der Waals surface area contributed by atoms with Gasteiger partial charge in [0.1, 0.15) is 5.56 Å². The van der Waals surface area contributed by atoms with Crippen LogP contribution in [0, 0.1) is 0 Å². The number of hydrogen-bond donors (Lipinski definition) is 1. The van der Waals surface area contributed by atoms with E-state index in [0.717, 1.165) is 29.7 Å². The number of pyridine rings is 1. The van der Waals surface area contributed by atoms with E-state index in [1.165, 1.54) is 0 Å². The fourth-order valence-electron chi connectivity index (χ4n) is 2.10. The van der Waals surface area contributed by atoms with Gasteiger partial charge in [0, 0.05) is 24.7 Å². The Kier molecular flexibility index (Phi) is 5.11. The van der Waals surface area contributed by atoms with Crippen LogP contribution in [0.15, 0.2) is 30.5 Å². The molecule has 5 heteroatoms. The number of para-hydroxylation sites is 1. The van der Waals surface area contributed by atoms with Crippen LogP contribution in [-0.2, 0) is 4.74 Å². The highest BCUT2D eigenvalue weighted by molar-refractivity contribution is 6.04. The number of ether oxygens (including phenoxy) is 1. The van der Waals surface area contributed by atoms with E-state index < -0.39 is 0 Å². The molecular formula is C16H21N3O2. The van der Waals surface area contributed by atoms with Crippen LogP contribution in [0.1, 0.15) is 17.3 Å². The number of anilines is 1. The van der Waals surface area contributed by atoms with E-state index >= 15 is 0 Å². The van der Waals surface area contributed by atoms with Crippen molar-refractivity contribution in [3.8, 4) is 0 Å². The fraction of sp³-hybridized carbons (Fsp3) is 0.375. The van der Waals surface area contributed by atoms with Gasteiger partial charge in [-0.2, -0.15) is 0 Å². The number of carbonyl (C=O) groups is 1. The molecule has 2 aromatic rings. The lowest BCUT2D eigenvalue weighted by Crippen LogP contribution is -2.22. The van der Waals surface area contributed by atoms with Gasteiger partial charge in [-0.05, 0) is 27.1 Å². The summed E-state index contributed by atoms with van der Waals surface area (Å²) in [5.74, 6) is -0.344. The second-order valence-corrected chi connectivity index (χ2v) is 5.01. The van der Waals surface area contributed by atoms with Crippen LogP contribution < -0.4 is 5.32 Å². The van der Waals surface area contributed by atoms with Crippen LogP contribution in [0.5, 0.6) is 0 Å². The van der Waals surface area contributed by atoms with Crippen molar-refractivity contribution in [2.24, 2.45) is 0 Å². The van der Waals surface area contributed by atoms with Gasteiger partial charge >= 0.3 is 5.97 Å². The third-order valence-corrected chi connectivity index (χ3v) is 3.13. The quantitative estimate of drug-likeness (QED) is 0.827. The predicted octanol–water partition coefficient (Wildman–Crippen LogP) is 2.39. The fourth-order valence-corrected chi connectivity index (χ4v) is 2.10. The van der Waals surface area contributed by atoms with Crippen molar-refractivity contribution in [3.63, 3.8) is 0 Å². The van der Waals surface area contributed by atoms with Gasteiger partial charge in [-0.15, -0.1) is 0 Å². The topological polar surface area (TPSA) is 54.5 Å². The average Bonchev–Trinajstić information content (AvgIpc) is 2.47. The van der Waals surface area contributed by atoms with E-state index in [9.17, 15) is 4.79 Å². The number of nitrogens with zero attached hydrogens (tertiary/aromatic N) is 2. The molecule has 0 saturated heterocycles. The smallest absolute Gasteiger partial charge is 0.341 e. The lowest BCUT2D eigenvalue weighted by Gasteiger charge is -2.15. The maximum atomic E-state index is 12.1. The molecule has 112 valence electrons. The van der Waals surface area contributed by atoms with E-state index in [-0.39, 0.29) is 5.97 Å². The van der Waals surface area contributed by atoms with Crippen molar-refractivity contribution in [3.05, 3.63) is 36.0 Å². The van der Waals surface area contributed by atoms with E-state index in [1.54, 1.807) is 13.1 Å². The standard InChI is InChI=1S/C16H21N3O2/c1-4-21-16(20)13-11-18-14-8-6-5-7-12(14)15(13)17-9-10-19(2)3/h5-8,11H,4,9-10H2,1-3H3,(H,17,18). The van der Waals surface area contributed by atoms with E-state index in [2.05, 4.69) is 15.2 Å². The van der Waals surface area contributed by atoms with Crippen molar-refractivity contribution in [2.45, 2.75) is 6.92 Å². The summed E-state index contributed by atoms with van der Waals surface area (Å²) in [7, 11) is 4.02. The van der Waals surface area contributed by atoms with Crippen LogP contribution in [0.2, 0.25) is 0 Å². The molecule has 0 bridgehead atoms. The van der Waals surface area contributed by atoms with Crippen LogP contribution in [0.3, 0.4) is 0 Å². The molecular weight excluding hydrogens is 266 g/mol. The molecule has 1 aromatic carbocycles. The molecule has 2 rings (SSSR count). The summed E-state index contributed by atoms with van der Waals surface area (Å²) in [5.41, 5.74) is 2.13. The molecule has 0 atom stereocenters. The molecule has 1 heterocycles. The molecule has 0 saturated carbocycles. The zero-order valence-electron chi connectivity index (χ0n) is 12.7. The third-order valence-electron chi connectivity index (χ3n) is 3.13. The van der Waals surface area contributed by atoms with Gasteiger partial charge in [-0.25, -0.2) is 4.79 Å². The van der Waals surface area contributed by atoms with Gasteiger partial charge < -0.3 is 15.0 Å². The Morgan fingerprint density at radius 2 is 2.10 bits per heavy atom. The second-order valence-electron chi connectivity index (χ2n) is 5.01. The number of rotatable bonds is 6. The van der Waals surface area contributed by atoms with Gasteiger partial charge in [-0.3, -0.25) is 4.98 Å². The van der Waals surface area contributed by atoms with Crippen LogP contribution in [-0.4, -0.2) is 49.6 Å². The van der Waals surface area contributed by atoms with Crippen molar-refractivity contribution in [2.75, 3.05) is 39.1 Å². The molecule has 0 aliphatic rings. The summed E-state index contributed by atoms with van der Waals surface area (Å²) >= 11 is 0. The monoisotopic (exact) mass is 287 g/mol. The first kappa shape index (κ1) is 15.3. The molecule has 21 heavy (non-hydrogen) atoms. The number of carbonyl (C=O) groups excluding carboxylic acids is 1. The van der Waals surface area contributed by atoms with Crippen molar-refractivity contribution >= 4 is 22.6 Å². The predicted molar refractivity (Wildman–Crippen MR) is 84.7 cm³/mol. The van der Waals surface area contributed by atoms with Gasteiger partial charge in [0.05, 0.1) is 17.8 Å². The number of esters is 1. The first-order valence-electron chi connectivity index (χ1n) is 7.07. The largest absolute Gasteiger partial charge is 0.462 e. The molecule has 5 nitrogen and oxygen atoms in total. The van der Waals surface area contributed by atoms with E-state index in [0.29, 0.717) is 12.2 Å². The minimum Gasteiger partial charge on any atom is -0.462 e. The second kappa shape index (κ2) is 7.04. The molecule has 0 spiro atoms. The van der Waals surface area contributed by atoms with E-state index in [4.69, 9.17) is 4.74 Å². The highest BCUT2D eigenvalue weighted by Gasteiger charge is 2.16. The van der Waals surface area contributed by atoms with E-state index in [1.807, 2.05) is 38.4 Å². The summed E-state index contributed by atoms with van der Waals surface area (Å²) in [6, 6.07) is 7.77. The minimum absolute atomic E-state index is 0.344. The summed E-state index contributed by atoms with van der Waals surface area (Å²) in [4.78, 5) is 18.5. The van der Waals surface area contributed by atoms with Crippen LogP contribution in [0.4, 0.5) is 5.69 Å². The van der Waals surface area contributed by atoms with Gasteiger partial charge in [-0.1, -0.05) is 18.2 Å². The lowest BCUT2D eigenvalue weighted by atomic mass is 10.1. The van der Waals surface area contributed by atoms with Gasteiger partial charge in [0.25, 0.3) is 0 Å². The Morgan fingerprint density at radius 1 is 1.33 bits per heavy atom. The zero-order chi connectivity index (χ0) is 15.2. The van der Waals surface area contributed by atoms with Crippen LogP contribution in [0.25, 0.3) is 10.9 Å². The Balaban J connectivity index is 2.39.